The number of likely N-dealkylation sites (tertiary alicyclic amines) is 1. The number of nitrogens with zero attached hydrogens (tertiary/aromatic N) is 1. The van der Waals surface area contributed by atoms with Crippen molar-refractivity contribution in [2.45, 2.75) is 45.8 Å². The van der Waals surface area contributed by atoms with Crippen molar-refractivity contribution >= 4 is 5.91 Å². The zero-order valence-corrected chi connectivity index (χ0v) is 13.8. The predicted molar refractivity (Wildman–Crippen MR) is 84.1 cm³/mol. The lowest BCUT2D eigenvalue weighted by Gasteiger charge is -2.33. The Morgan fingerprint density at radius 1 is 1.43 bits per heavy atom. The highest BCUT2D eigenvalue weighted by molar-refractivity contribution is 5.87. The van der Waals surface area contributed by atoms with Crippen molar-refractivity contribution in [1.82, 2.24) is 10.2 Å². The number of carbonyl (C=O) groups is 1. The molecule has 0 radical (unpaired) electrons. The maximum absolute atomic E-state index is 11.8. The molecule has 0 aliphatic carbocycles. The number of hydrogen-bond acceptors (Lipinski definition) is 4. The summed E-state index contributed by atoms with van der Waals surface area (Å²) in [6, 6.07) is 0.234. The van der Waals surface area contributed by atoms with Crippen molar-refractivity contribution in [3.63, 3.8) is 0 Å². The van der Waals surface area contributed by atoms with Gasteiger partial charge in [0.1, 0.15) is 0 Å². The van der Waals surface area contributed by atoms with E-state index in [4.69, 9.17) is 4.74 Å². The van der Waals surface area contributed by atoms with E-state index in [-0.39, 0.29) is 17.4 Å². The summed E-state index contributed by atoms with van der Waals surface area (Å²) in [6.45, 7) is 9.01. The number of allylic oxidation sites excluding steroid dienone is 1. The number of piperidine rings is 1. The van der Waals surface area contributed by atoms with Crippen LogP contribution in [0, 0.1) is 5.41 Å². The highest BCUT2D eigenvalue weighted by Gasteiger charge is 2.21. The summed E-state index contributed by atoms with van der Waals surface area (Å²) in [7, 11) is 1.59. The molecule has 1 rings (SSSR count). The number of amides is 1. The minimum absolute atomic E-state index is 0.0113. The standard InChI is InChI=1S/C16H30N2O3/c1-16(2,3)8-5-15(20)17-13-6-9-18(10-7-13)11-14(19)12-21-4/h5,8,13-14,19H,6-7,9-12H2,1-4H3,(H,17,20)/b8-5+. The van der Waals surface area contributed by atoms with E-state index in [0.717, 1.165) is 25.9 Å². The molecule has 0 aromatic rings. The molecule has 1 aliphatic rings. The minimum atomic E-state index is -0.434. The number of rotatable bonds is 6. The topological polar surface area (TPSA) is 61.8 Å². The highest BCUT2D eigenvalue weighted by atomic mass is 16.5. The molecule has 5 heteroatoms. The molecule has 1 amide bonds. The maximum Gasteiger partial charge on any atom is 0.243 e. The fourth-order valence-electron chi connectivity index (χ4n) is 2.38. The lowest BCUT2D eigenvalue weighted by Crippen LogP contribution is -2.46. The van der Waals surface area contributed by atoms with Crippen molar-refractivity contribution in [2.75, 3.05) is 33.4 Å². The van der Waals surface area contributed by atoms with Crippen LogP contribution in [0.5, 0.6) is 0 Å². The molecule has 1 heterocycles. The van der Waals surface area contributed by atoms with Crippen LogP contribution in [0.4, 0.5) is 0 Å². The molecule has 1 unspecified atom stereocenters. The van der Waals surface area contributed by atoms with Gasteiger partial charge in [0, 0.05) is 32.8 Å². The van der Waals surface area contributed by atoms with Crippen LogP contribution >= 0.6 is 0 Å². The van der Waals surface area contributed by atoms with E-state index >= 15 is 0 Å². The maximum atomic E-state index is 11.8. The average Bonchev–Trinajstić information content (AvgIpc) is 2.38. The molecule has 2 N–H and O–H groups in total. The van der Waals surface area contributed by atoms with Gasteiger partial charge in [0.2, 0.25) is 5.91 Å². The largest absolute Gasteiger partial charge is 0.389 e. The first-order valence-electron chi connectivity index (χ1n) is 7.69. The van der Waals surface area contributed by atoms with Crippen LogP contribution in [0.3, 0.4) is 0 Å². The van der Waals surface area contributed by atoms with Crippen LogP contribution in [0.25, 0.3) is 0 Å². The molecule has 0 saturated carbocycles. The Bertz CT molecular complexity index is 342. The minimum Gasteiger partial charge on any atom is -0.389 e. The van der Waals surface area contributed by atoms with Crippen LogP contribution in [0.15, 0.2) is 12.2 Å². The van der Waals surface area contributed by atoms with Gasteiger partial charge in [0.15, 0.2) is 0 Å². The van der Waals surface area contributed by atoms with Crippen molar-refractivity contribution in [3.05, 3.63) is 12.2 Å². The molecule has 0 aromatic carbocycles. The molecule has 1 saturated heterocycles. The summed E-state index contributed by atoms with van der Waals surface area (Å²) in [5.41, 5.74) is 0.0260. The van der Waals surface area contributed by atoms with Crippen molar-refractivity contribution in [2.24, 2.45) is 5.41 Å². The predicted octanol–water partition coefficient (Wildman–Crippen LogP) is 1.18. The third kappa shape index (κ3) is 8.19. The molecule has 21 heavy (non-hydrogen) atoms. The number of methoxy groups -OCH3 is 1. The van der Waals surface area contributed by atoms with Crippen LogP contribution in [-0.2, 0) is 9.53 Å². The van der Waals surface area contributed by atoms with E-state index in [0.29, 0.717) is 13.2 Å². The molecule has 1 aliphatic heterocycles. The number of β-amino-alcohol motifs (C(OH)–C–C–N with tert-alkyl or cyclic N) is 1. The van der Waals surface area contributed by atoms with Gasteiger partial charge in [0.25, 0.3) is 0 Å². The first-order valence-corrected chi connectivity index (χ1v) is 7.69. The molecule has 0 aromatic heterocycles. The Labute approximate surface area is 128 Å². The summed E-state index contributed by atoms with van der Waals surface area (Å²) in [6.07, 6.45) is 4.98. The summed E-state index contributed by atoms with van der Waals surface area (Å²) < 4.78 is 4.93. The van der Waals surface area contributed by atoms with E-state index in [1.165, 1.54) is 0 Å². The molecular formula is C16H30N2O3. The lowest BCUT2D eigenvalue weighted by molar-refractivity contribution is -0.117. The Morgan fingerprint density at radius 2 is 2.05 bits per heavy atom. The first-order chi connectivity index (χ1) is 9.80. The van der Waals surface area contributed by atoms with E-state index < -0.39 is 6.10 Å². The molecule has 5 nitrogen and oxygen atoms in total. The van der Waals surface area contributed by atoms with Gasteiger partial charge in [-0.2, -0.15) is 0 Å². The van der Waals surface area contributed by atoms with E-state index in [2.05, 4.69) is 31.0 Å². The second kappa shape index (κ2) is 8.51. The zero-order chi connectivity index (χ0) is 15.9. The molecule has 0 bridgehead atoms. The van der Waals surface area contributed by atoms with Gasteiger partial charge in [-0.25, -0.2) is 0 Å². The summed E-state index contributed by atoms with van der Waals surface area (Å²) in [5.74, 6) is -0.0113. The monoisotopic (exact) mass is 298 g/mol. The van der Waals surface area contributed by atoms with E-state index in [1.54, 1.807) is 13.2 Å². The smallest absolute Gasteiger partial charge is 0.243 e. The van der Waals surface area contributed by atoms with Gasteiger partial charge in [-0.05, 0) is 24.3 Å². The molecular weight excluding hydrogens is 268 g/mol. The third-order valence-corrected chi connectivity index (χ3v) is 3.50. The molecule has 0 spiro atoms. The number of ether oxygens (including phenoxy) is 1. The van der Waals surface area contributed by atoms with Crippen LogP contribution in [-0.4, -0.2) is 61.4 Å². The van der Waals surface area contributed by atoms with Gasteiger partial charge in [-0.15, -0.1) is 0 Å². The summed E-state index contributed by atoms with van der Waals surface area (Å²) >= 11 is 0. The summed E-state index contributed by atoms with van der Waals surface area (Å²) in [5, 5.41) is 12.8. The molecule has 1 atom stereocenters. The van der Waals surface area contributed by atoms with Crippen LogP contribution in [0.2, 0.25) is 0 Å². The van der Waals surface area contributed by atoms with E-state index in [9.17, 15) is 9.90 Å². The normalized spacial score (nSPS) is 19.9. The fraction of sp³-hybridized carbons (Fsp3) is 0.812. The zero-order valence-electron chi connectivity index (χ0n) is 13.8. The number of carbonyl (C=O) groups excluding carboxylic acids is 1. The number of nitrogens with one attached hydrogen (secondary N) is 1. The van der Waals surface area contributed by atoms with Gasteiger partial charge < -0.3 is 20.1 Å². The molecule has 122 valence electrons. The summed E-state index contributed by atoms with van der Waals surface area (Å²) in [4.78, 5) is 14.1. The van der Waals surface area contributed by atoms with Crippen LogP contribution < -0.4 is 5.32 Å². The number of aliphatic hydroxyl groups is 1. The lowest BCUT2D eigenvalue weighted by atomic mass is 9.96. The van der Waals surface area contributed by atoms with E-state index in [1.807, 2.05) is 6.08 Å². The average molecular weight is 298 g/mol. The van der Waals surface area contributed by atoms with Gasteiger partial charge >= 0.3 is 0 Å². The second-order valence-electron chi connectivity index (χ2n) is 6.89. The van der Waals surface area contributed by atoms with Gasteiger partial charge in [-0.3, -0.25) is 4.79 Å². The first kappa shape index (κ1) is 18.1. The van der Waals surface area contributed by atoms with Gasteiger partial charge in [0.05, 0.1) is 12.7 Å². The Hall–Kier alpha value is -0.910. The quantitative estimate of drug-likeness (QED) is 0.723. The van der Waals surface area contributed by atoms with Crippen LogP contribution in [0.1, 0.15) is 33.6 Å². The Morgan fingerprint density at radius 3 is 2.57 bits per heavy atom. The third-order valence-electron chi connectivity index (χ3n) is 3.50. The van der Waals surface area contributed by atoms with Crippen molar-refractivity contribution in [3.8, 4) is 0 Å². The van der Waals surface area contributed by atoms with Gasteiger partial charge in [-0.1, -0.05) is 26.8 Å². The Kier molecular flexibility index (Phi) is 7.35. The number of aliphatic hydroxyl groups excluding tert-OH is 1. The fourth-order valence-corrected chi connectivity index (χ4v) is 2.38. The highest BCUT2D eigenvalue weighted by Crippen LogP contribution is 2.14. The SMILES string of the molecule is COCC(O)CN1CCC(NC(=O)/C=C/C(C)(C)C)CC1. The van der Waals surface area contributed by atoms with Crippen molar-refractivity contribution < 1.29 is 14.6 Å². The molecule has 1 fully saturated rings. The Balaban J connectivity index is 2.27. The van der Waals surface area contributed by atoms with Crippen molar-refractivity contribution in [1.29, 1.82) is 0 Å². The second-order valence-corrected chi connectivity index (χ2v) is 6.89. The number of hydrogen-bond donors (Lipinski definition) is 2.